The molecule has 2 aliphatic carbocycles. The molecule has 0 heterocycles. The molecule has 0 spiro atoms. The second kappa shape index (κ2) is 8.11. The zero-order chi connectivity index (χ0) is 19.7. The van der Waals surface area contributed by atoms with Crippen LogP contribution in [0.5, 0.6) is 0 Å². The molecule has 2 aromatic carbocycles. The van der Waals surface area contributed by atoms with Gasteiger partial charge < -0.3 is 0 Å². The van der Waals surface area contributed by atoms with Crippen molar-refractivity contribution in [2.75, 3.05) is 0 Å². The highest BCUT2D eigenvalue weighted by Gasteiger charge is 2.30. The average Bonchev–Trinajstić information content (AvgIpc) is 3.01. The third kappa shape index (κ3) is 4.02. The van der Waals surface area contributed by atoms with E-state index in [0.717, 1.165) is 31.1 Å². The average molecular weight is 371 g/mol. The molecule has 0 N–H and O–H groups in total. The molecule has 4 atom stereocenters. The summed E-state index contributed by atoms with van der Waals surface area (Å²) in [5, 5.41) is 0. The summed E-state index contributed by atoms with van der Waals surface area (Å²) < 4.78 is 0. The van der Waals surface area contributed by atoms with Crippen molar-refractivity contribution in [3.8, 4) is 0 Å². The standard InChI is InChI=1S/C28H34/c1-19-15-20(2)27(16-19)17-24-11-9-23(10-12-24)13-14-25-18-26-7-5-6-8-28(26)22(4)21(25)3/h5-12,21-22,25,27H,1-2,13-18H2,3-4H3. The van der Waals surface area contributed by atoms with E-state index < -0.39 is 0 Å². The summed E-state index contributed by atoms with van der Waals surface area (Å²) in [4.78, 5) is 0. The lowest BCUT2D eigenvalue weighted by Gasteiger charge is -2.36. The van der Waals surface area contributed by atoms with Gasteiger partial charge in [-0.05, 0) is 84.5 Å². The van der Waals surface area contributed by atoms with E-state index in [2.05, 4.69) is 75.5 Å². The van der Waals surface area contributed by atoms with Crippen LogP contribution in [0.1, 0.15) is 61.3 Å². The molecular formula is C28H34. The van der Waals surface area contributed by atoms with E-state index >= 15 is 0 Å². The molecular weight excluding hydrogens is 336 g/mol. The van der Waals surface area contributed by atoms with Crippen LogP contribution in [0.3, 0.4) is 0 Å². The van der Waals surface area contributed by atoms with E-state index in [0.29, 0.717) is 11.8 Å². The maximum atomic E-state index is 4.25. The van der Waals surface area contributed by atoms with Crippen LogP contribution in [-0.2, 0) is 19.3 Å². The van der Waals surface area contributed by atoms with Gasteiger partial charge >= 0.3 is 0 Å². The Labute approximate surface area is 171 Å². The largest absolute Gasteiger partial charge is 0.0995 e. The van der Waals surface area contributed by atoms with E-state index in [9.17, 15) is 0 Å². The molecule has 1 saturated carbocycles. The van der Waals surface area contributed by atoms with Crippen LogP contribution in [0.25, 0.3) is 0 Å². The van der Waals surface area contributed by atoms with Crippen molar-refractivity contribution in [1.29, 1.82) is 0 Å². The van der Waals surface area contributed by atoms with E-state index in [4.69, 9.17) is 0 Å². The topological polar surface area (TPSA) is 0 Å². The van der Waals surface area contributed by atoms with Gasteiger partial charge in [0.1, 0.15) is 0 Å². The van der Waals surface area contributed by atoms with Crippen LogP contribution in [0, 0.1) is 17.8 Å². The number of aryl methyl sites for hydroxylation is 1. The number of fused-ring (bicyclic) bond motifs is 1. The lowest BCUT2D eigenvalue weighted by atomic mass is 9.69. The SMILES string of the molecule is C=C1CC(=C)C(Cc2ccc(CCC3Cc4ccccc4C(C)C3C)cc2)C1. The maximum Gasteiger partial charge on any atom is -0.0111 e. The monoisotopic (exact) mass is 370 g/mol. The molecule has 0 heteroatoms. The second-order valence-corrected chi connectivity index (χ2v) is 9.36. The smallest absolute Gasteiger partial charge is 0.0111 e. The number of hydrogen-bond acceptors (Lipinski definition) is 0. The Bertz CT molecular complexity index is 854. The van der Waals surface area contributed by atoms with Gasteiger partial charge in [-0.25, -0.2) is 0 Å². The summed E-state index contributed by atoms with van der Waals surface area (Å²) in [6.45, 7) is 13.3. The highest BCUT2D eigenvalue weighted by atomic mass is 14.3. The summed E-state index contributed by atoms with van der Waals surface area (Å²) >= 11 is 0. The molecule has 2 aromatic rings. The number of hydrogen-bond donors (Lipinski definition) is 0. The third-order valence-corrected chi connectivity index (χ3v) is 7.46. The van der Waals surface area contributed by atoms with Crippen LogP contribution in [0.15, 0.2) is 72.8 Å². The predicted octanol–water partition coefficient (Wildman–Crippen LogP) is 7.30. The van der Waals surface area contributed by atoms with Gasteiger partial charge in [0.05, 0.1) is 0 Å². The first-order valence-corrected chi connectivity index (χ1v) is 11.0. The van der Waals surface area contributed by atoms with Crippen LogP contribution in [-0.4, -0.2) is 0 Å². The Morgan fingerprint density at radius 1 is 0.893 bits per heavy atom. The van der Waals surface area contributed by atoms with Gasteiger partial charge in [0.2, 0.25) is 0 Å². The van der Waals surface area contributed by atoms with Gasteiger partial charge in [-0.2, -0.15) is 0 Å². The molecule has 2 aliphatic rings. The summed E-state index contributed by atoms with van der Waals surface area (Å²) in [6, 6.07) is 18.5. The Balaban J connectivity index is 1.35. The van der Waals surface area contributed by atoms with Gasteiger partial charge in [-0.15, -0.1) is 0 Å². The van der Waals surface area contributed by atoms with Crippen molar-refractivity contribution in [1.82, 2.24) is 0 Å². The van der Waals surface area contributed by atoms with Gasteiger partial charge in [-0.3, -0.25) is 0 Å². The lowest BCUT2D eigenvalue weighted by Crippen LogP contribution is -2.26. The first-order chi connectivity index (χ1) is 13.5. The number of benzene rings is 2. The van der Waals surface area contributed by atoms with Crippen molar-refractivity contribution in [3.05, 3.63) is 95.1 Å². The quantitative estimate of drug-likeness (QED) is 0.484. The summed E-state index contributed by atoms with van der Waals surface area (Å²) in [5.41, 5.74) is 8.80. The van der Waals surface area contributed by atoms with E-state index in [1.165, 1.54) is 41.5 Å². The molecule has 4 rings (SSSR count). The lowest BCUT2D eigenvalue weighted by molar-refractivity contribution is 0.274. The van der Waals surface area contributed by atoms with Crippen LogP contribution in [0.2, 0.25) is 0 Å². The Hall–Kier alpha value is -2.08. The van der Waals surface area contributed by atoms with Crippen LogP contribution in [0.4, 0.5) is 0 Å². The second-order valence-electron chi connectivity index (χ2n) is 9.36. The first kappa shape index (κ1) is 19.2. The Morgan fingerprint density at radius 2 is 1.61 bits per heavy atom. The normalized spacial score (nSPS) is 27.1. The zero-order valence-corrected chi connectivity index (χ0v) is 17.6. The maximum absolute atomic E-state index is 4.25. The van der Waals surface area contributed by atoms with Crippen molar-refractivity contribution in [2.45, 2.75) is 58.3 Å². The third-order valence-electron chi connectivity index (χ3n) is 7.46. The highest BCUT2D eigenvalue weighted by Crippen LogP contribution is 2.41. The van der Waals surface area contributed by atoms with E-state index in [-0.39, 0.29) is 0 Å². The van der Waals surface area contributed by atoms with Gasteiger partial charge in [-0.1, -0.05) is 86.7 Å². The van der Waals surface area contributed by atoms with Gasteiger partial charge in [0, 0.05) is 0 Å². The molecule has 28 heavy (non-hydrogen) atoms. The zero-order valence-electron chi connectivity index (χ0n) is 17.6. The molecule has 0 aliphatic heterocycles. The molecule has 146 valence electrons. The fraction of sp³-hybridized carbons (Fsp3) is 0.429. The van der Waals surface area contributed by atoms with Crippen molar-refractivity contribution >= 4 is 0 Å². The molecule has 0 radical (unpaired) electrons. The van der Waals surface area contributed by atoms with Gasteiger partial charge in [0.25, 0.3) is 0 Å². The van der Waals surface area contributed by atoms with Crippen LogP contribution >= 0.6 is 0 Å². The first-order valence-electron chi connectivity index (χ1n) is 11.0. The summed E-state index contributed by atoms with van der Waals surface area (Å²) in [6.07, 6.45) is 7.00. The van der Waals surface area contributed by atoms with E-state index in [1.807, 2.05) is 0 Å². The number of allylic oxidation sites excluding steroid dienone is 2. The molecule has 4 unspecified atom stereocenters. The number of rotatable bonds is 5. The molecule has 0 saturated heterocycles. The van der Waals surface area contributed by atoms with Crippen molar-refractivity contribution in [2.24, 2.45) is 17.8 Å². The molecule has 0 nitrogen and oxygen atoms in total. The molecule has 1 fully saturated rings. The predicted molar refractivity (Wildman–Crippen MR) is 121 cm³/mol. The van der Waals surface area contributed by atoms with Crippen molar-refractivity contribution < 1.29 is 0 Å². The van der Waals surface area contributed by atoms with E-state index in [1.54, 1.807) is 11.1 Å². The molecule has 0 bridgehead atoms. The Morgan fingerprint density at radius 3 is 2.32 bits per heavy atom. The molecule has 0 amide bonds. The van der Waals surface area contributed by atoms with Crippen molar-refractivity contribution in [3.63, 3.8) is 0 Å². The minimum Gasteiger partial charge on any atom is -0.0995 e. The summed E-state index contributed by atoms with van der Waals surface area (Å²) in [5.74, 6) is 2.82. The minimum atomic E-state index is 0.600. The molecule has 0 aromatic heterocycles. The Kier molecular flexibility index (Phi) is 5.58. The van der Waals surface area contributed by atoms with Crippen LogP contribution < -0.4 is 0 Å². The fourth-order valence-corrected chi connectivity index (χ4v) is 5.41. The highest BCUT2D eigenvalue weighted by molar-refractivity contribution is 5.34. The minimum absolute atomic E-state index is 0.600. The van der Waals surface area contributed by atoms with Gasteiger partial charge in [0.15, 0.2) is 0 Å². The fourth-order valence-electron chi connectivity index (χ4n) is 5.41. The summed E-state index contributed by atoms with van der Waals surface area (Å²) in [7, 11) is 0.